The van der Waals surface area contributed by atoms with Gasteiger partial charge in [0.25, 0.3) is 0 Å². The number of hydrogen-bond donors (Lipinski definition) is 2. The van der Waals surface area contributed by atoms with Gasteiger partial charge in [-0.15, -0.1) is 31.2 Å². The number of carboxylic acids is 1. The van der Waals surface area contributed by atoms with Crippen LogP contribution in [0.5, 0.6) is 0 Å². The lowest BCUT2D eigenvalue weighted by molar-refractivity contribution is -0.135. The van der Waals surface area contributed by atoms with Crippen LogP contribution < -0.4 is 5.32 Å². The summed E-state index contributed by atoms with van der Waals surface area (Å²) in [5, 5.41) is 10.5. The van der Waals surface area contributed by atoms with Crippen LogP contribution in [0.1, 0.15) is 0 Å². The van der Waals surface area contributed by atoms with Gasteiger partial charge in [0.05, 0.1) is 13.1 Å². The third-order valence-corrected chi connectivity index (χ3v) is 0.503. The Morgan fingerprint density at radius 3 is 2.40 bits per heavy atom. The molecule has 0 aromatic rings. The summed E-state index contributed by atoms with van der Waals surface area (Å²) in [4.78, 5) is 9.74. The second-order valence-electron chi connectivity index (χ2n) is 1.20. The van der Waals surface area contributed by atoms with Crippen molar-refractivity contribution in [3.05, 3.63) is 0 Å². The maximum absolute atomic E-state index is 9.74. The predicted molar refractivity (Wildman–Crippen MR) is 43.8 cm³/mol. The van der Waals surface area contributed by atoms with Crippen molar-refractivity contribution in [2.45, 2.75) is 0 Å². The van der Waals surface area contributed by atoms with E-state index in [-0.39, 0.29) is 31.4 Å². The van der Waals surface area contributed by atoms with Crippen molar-refractivity contribution >= 4 is 30.8 Å². The summed E-state index contributed by atoms with van der Waals surface area (Å²) < 4.78 is 0. The van der Waals surface area contributed by atoms with Crippen molar-refractivity contribution in [2.24, 2.45) is 0 Å². The Labute approximate surface area is 72.0 Å². The molecule has 0 rings (SSSR count). The predicted octanol–water partition coefficient (Wildman–Crippen LogP) is 0.137. The van der Waals surface area contributed by atoms with E-state index in [1.807, 2.05) is 0 Å². The van der Waals surface area contributed by atoms with Crippen LogP contribution in [0.2, 0.25) is 0 Å². The lowest BCUT2D eigenvalue weighted by atomic mass is 10.6. The summed E-state index contributed by atoms with van der Waals surface area (Å²) in [6.45, 7) is 0.247. The third-order valence-electron chi connectivity index (χ3n) is 0.503. The lowest BCUT2D eigenvalue weighted by Crippen LogP contribution is -2.22. The van der Waals surface area contributed by atoms with Gasteiger partial charge < -0.3 is 5.11 Å². The van der Waals surface area contributed by atoms with Gasteiger partial charge in [-0.2, -0.15) is 0 Å². The van der Waals surface area contributed by atoms with Gasteiger partial charge in [0.15, 0.2) is 0 Å². The first-order valence-corrected chi connectivity index (χ1v) is 2.13. The molecule has 0 aliphatic heterocycles. The minimum Gasteiger partial charge on any atom is -0.480 e. The highest BCUT2D eigenvalue weighted by Gasteiger charge is 1.89. The number of aliphatic carboxylic acids is 1. The number of terminal acetylenes is 1. The summed E-state index contributed by atoms with van der Waals surface area (Å²) in [7, 11) is 0. The van der Waals surface area contributed by atoms with E-state index in [9.17, 15) is 4.79 Å². The Morgan fingerprint density at radius 2 is 2.10 bits per heavy atom. The lowest BCUT2D eigenvalue weighted by Gasteiger charge is -1.90. The zero-order valence-corrected chi connectivity index (χ0v) is 6.80. The van der Waals surface area contributed by atoms with E-state index in [0.717, 1.165) is 0 Å². The van der Waals surface area contributed by atoms with Crippen molar-refractivity contribution in [3.63, 3.8) is 0 Å². The molecular weight excluding hydrogens is 177 g/mol. The number of carboxylic acid groups (broad SMARTS) is 1. The molecule has 0 fully saturated rings. The monoisotopic (exact) mass is 185 g/mol. The van der Waals surface area contributed by atoms with E-state index in [2.05, 4.69) is 11.2 Å². The molecule has 0 saturated heterocycles. The molecule has 0 aromatic heterocycles. The molecule has 0 bridgehead atoms. The summed E-state index contributed by atoms with van der Waals surface area (Å²) in [6, 6.07) is 0. The van der Waals surface area contributed by atoms with Gasteiger partial charge in [0.1, 0.15) is 0 Å². The molecule has 0 aromatic carbocycles. The van der Waals surface area contributed by atoms with Gasteiger partial charge in [-0.05, 0) is 0 Å². The number of carbonyl (C=O) groups is 1. The molecule has 0 amide bonds. The highest BCUT2D eigenvalue weighted by Crippen LogP contribution is 1.57. The zero-order valence-electron chi connectivity index (χ0n) is 5.16. The Balaban J connectivity index is -0.000000245. The smallest absolute Gasteiger partial charge is 0.317 e. The standard InChI is InChI=1S/C5H7NO2.2ClH/c1-2-3-6-4-5(7)8;;/h1,6H,3-4H2,(H,7,8);2*1H. The van der Waals surface area contributed by atoms with E-state index in [1.165, 1.54) is 0 Å². The SMILES string of the molecule is C#CCNCC(=O)O.Cl.Cl. The summed E-state index contributed by atoms with van der Waals surface area (Å²) in [6.07, 6.45) is 4.81. The largest absolute Gasteiger partial charge is 0.480 e. The summed E-state index contributed by atoms with van der Waals surface area (Å²) in [5.74, 6) is 1.36. The third kappa shape index (κ3) is 15.6. The van der Waals surface area contributed by atoms with Crippen LogP contribution in [0.4, 0.5) is 0 Å². The van der Waals surface area contributed by atoms with E-state index in [0.29, 0.717) is 6.54 Å². The zero-order chi connectivity index (χ0) is 6.41. The van der Waals surface area contributed by atoms with Crippen molar-refractivity contribution in [3.8, 4) is 12.3 Å². The Hall–Kier alpha value is -0.430. The van der Waals surface area contributed by atoms with Crippen molar-refractivity contribution in [2.75, 3.05) is 13.1 Å². The van der Waals surface area contributed by atoms with Crippen LogP contribution in [0.3, 0.4) is 0 Å². The van der Waals surface area contributed by atoms with E-state index >= 15 is 0 Å². The molecule has 60 valence electrons. The first-order chi connectivity index (χ1) is 3.77. The van der Waals surface area contributed by atoms with Crippen LogP contribution in [0.15, 0.2) is 0 Å². The van der Waals surface area contributed by atoms with Crippen LogP contribution >= 0.6 is 24.8 Å². The maximum atomic E-state index is 9.74. The average Bonchev–Trinajstić information content (AvgIpc) is 1.66. The molecule has 3 nitrogen and oxygen atoms in total. The molecule has 0 aliphatic carbocycles. The number of nitrogens with one attached hydrogen (secondary N) is 1. The molecule has 5 heteroatoms. The fraction of sp³-hybridized carbons (Fsp3) is 0.400. The summed E-state index contributed by atoms with van der Waals surface area (Å²) >= 11 is 0. The molecule has 2 N–H and O–H groups in total. The molecule has 0 spiro atoms. The van der Waals surface area contributed by atoms with Crippen molar-refractivity contribution in [1.29, 1.82) is 0 Å². The first-order valence-electron chi connectivity index (χ1n) is 2.13. The average molecular weight is 186 g/mol. The minimum atomic E-state index is -0.889. The highest BCUT2D eigenvalue weighted by atomic mass is 35.5. The van der Waals surface area contributed by atoms with Crippen LogP contribution in [-0.2, 0) is 4.79 Å². The van der Waals surface area contributed by atoms with Crippen LogP contribution in [0, 0.1) is 12.3 Å². The second-order valence-corrected chi connectivity index (χ2v) is 1.20. The highest BCUT2D eigenvalue weighted by molar-refractivity contribution is 5.85. The molecule has 0 unspecified atom stereocenters. The van der Waals surface area contributed by atoms with E-state index < -0.39 is 5.97 Å². The Bertz CT molecular complexity index is 121. The van der Waals surface area contributed by atoms with Gasteiger partial charge in [-0.1, -0.05) is 5.92 Å². The van der Waals surface area contributed by atoms with Gasteiger partial charge in [-0.3, -0.25) is 10.1 Å². The quantitative estimate of drug-likeness (QED) is 0.486. The molecule has 0 radical (unpaired) electrons. The Kier molecular flexibility index (Phi) is 18.5. The van der Waals surface area contributed by atoms with Gasteiger partial charge in [0.2, 0.25) is 0 Å². The molecule has 0 heterocycles. The van der Waals surface area contributed by atoms with E-state index in [1.54, 1.807) is 0 Å². The molecular formula is C5H9Cl2NO2. The number of halogens is 2. The van der Waals surface area contributed by atoms with Crippen molar-refractivity contribution < 1.29 is 9.90 Å². The van der Waals surface area contributed by atoms with Crippen LogP contribution in [0.25, 0.3) is 0 Å². The number of rotatable bonds is 3. The van der Waals surface area contributed by atoms with Crippen LogP contribution in [-0.4, -0.2) is 24.2 Å². The molecule has 0 saturated carbocycles. The summed E-state index contributed by atoms with van der Waals surface area (Å²) in [5.41, 5.74) is 0. The molecule has 0 atom stereocenters. The molecule has 10 heavy (non-hydrogen) atoms. The van der Waals surface area contributed by atoms with E-state index in [4.69, 9.17) is 11.5 Å². The number of hydrogen-bond acceptors (Lipinski definition) is 2. The molecule has 0 aliphatic rings. The minimum absolute atomic E-state index is 0. The fourth-order valence-electron chi connectivity index (χ4n) is 0.242. The Morgan fingerprint density at radius 1 is 1.60 bits per heavy atom. The topological polar surface area (TPSA) is 49.3 Å². The second kappa shape index (κ2) is 11.4. The van der Waals surface area contributed by atoms with Crippen molar-refractivity contribution in [1.82, 2.24) is 5.32 Å². The van der Waals surface area contributed by atoms with Gasteiger partial charge >= 0.3 is 5.97 Å². The van der Waals surface area contributed by atoms with Gasteiger partial charge in [0, 0.05) is 0 Å². The fourth-order valence-corrected chi connectivity index (χ4v) is 0.242. The maximum Gasteiger partial charge on any atom is 0.317 e. The normalized spacial score (nSPS) is 6.30. The first kappa shape index (κ1) is 16.3. The van der Waals surface area contributed by atoms with Gasteiger partial charge in [-0.25, -0.2) is 0 Å².